The summed E-state index contributed by atoms with van der Waals surface area (Å²) < 4.78 is 5.84. The summed E-state index contributed by atoms with van der Waals surface area (Å²) in [7, 11) is 4.08. The molecule has 0 fully saturated rings. The van der Waals surface area contributed by atoms with E-state index in [2.05, 4.69) is 9.88 Å². The van der Waals surface area contributed by atoms with E-state index in [0.29, 0.717) is 6.54 Å². The number of thiazole rings is 1. The lowest BCUT2D eigenvalue weighted by Gasteiger charge is -2.33. The Labute approximate surface area is 174 Å². The first-order valence-electron chi connectivity index (χ1n) is 9.67. The molecule has 1 aliphatic rings. The molecule has 0 bridgehead atoms. The highest BCUT2D eigenvalue weighted by Crippen LogP contribution is 2.38. The van der Waals surface area contributed by atoms with Crippen LogP contribution in [0.5, 0.6) is 5.75 Å². The molecule has 0 saturated carbocycles. The number of hydrogen-bond donors (Lipinski definition) is 0. The summed E-state index contributed by atoms with van der Waals surface area (Å²) in [6.45, 7) is 3.39. The number of amides is 1. The topological polar surface area (TPSA) is 58.6 Å². The van der Waals surface area contributed by atoms with Crippen molar-refractivity contribution in [1.82, 2.24) is 14.9 Å². The highest BCUT2D eigenvalue weighted by molar-refractivity contribution is 7.13. The molecule has 6 nitrogen and oxygen atoms in total. The van der Waals surface area contributed by atoms with E-state index < -0.39 is 6.10 Å². The Hall–Kier alpha value is -2.77. The molecule has 1 atom stereocenters. The largest absolute Gasteiger partial charge is 0.479 e. The van der Waals surface area contributed by atoms with E-state index in [1.165, 1.54) is 0 Å². The Morgan fingerprint density at radius 2 is 2.07 bits per heavy atom. The third-order valence-corrected chi connectivity index (χ3v) is 5.70. The van der Waals surface area contributed by atoms with Crippen LogP contribution in [0.25, 0.3) is 22.0 Å². The van der Waals surface area contributed by atoms with Crippen LogP contribution in [0.4, 0.5) is 5.69 Å². The second kappa shape index (κ2) is 8.31. The van der Waals surface area contributed by atoms with Crippen molar-refractivity contribution in [3.8, 4) is 27.7 Å². The van der Waals surface area contributed by atoms with Crippen molar-refractivity contribution in [1.29, 1.82) is 0 Å². The maximum Gasteiger partial charge on any atom is 0.267 e. The molecule has 1 aromatic carbocycles. The van der Waals surface area contributed by atoms with E-state index in [9.17, 15) is 4.79 Å². The average Bonchev–Trinajstić information content (AvgIpc) is 3.21. The molecule has 150 valence electrons. The standard InChI is InChI=1S/C22H24N4O2S/c1-15-22(27)26(12-6-11-25(2)3)19-13-16(8-9-20(19)28-15)18-14-29-21(24-18)17-7-4-5-10-23-17/h4-5,7-10,13-15H,6,11-12H2,1-3H3. The normalized spacial score (nSPS) is 16.1. The second-order valence-corrected chi connectivity index (χ2v) is 8.20. The molecule has 0 N–H and O–H groups in total. The van der Waals surface area contributed by atoms with Gasteiger partial charge >= 0.3 is 0 Å². The van der Waals surface area contributed by atoms with Gasteiger partial charge in [0.15, 0.2) is 6.10 Å². The molecule has 7 heteroatoms. The van der Waals surface area contributed by atoms with Crippen LogP contribution in [0.15, 0.2) is 48.0 Å². The van der Waals surface area contributed by atoms with Crippen molar-refractivity contribution < 1.29 is 9.53 Å². The van der Waals surface area contributed by atoms with Gasteiger partial charge in [-0.25, -0.2) is 4.98 Å². The van der Waals surface area contributed by atoms with Crippen molar-refractivity contribution in [2.45, 2.75) is 19.4 Å². The first kappa shape index (κ1) is 19.5. The zero-order valence-corrected chi connectivity index (χ0v) is 17.6. The third-order valence-electron chi connectivity index (χ3n) is 4.84. The van der Waals surface area contributed by atoms with Crippen LogP contribution in [0.2, 0.25) is 0 Å². The third kappa shape index (κ3) is 4.16. The van der Waals surface area contributed by atoms with Crippen LogP contribution in [0.3, 0.4) is 0 Å². The van der Waals surface area contributed by atoms with Crippen molar-refractivity contribution in [3.63, 3.8) is 0 Å². The summed E-state index contributed by atoms with van der Waals surface area (Å²) in [6.07, 6.45) is 2.20. The lowest BCUT2D eigenvalue weighted by atomic mass is 10.1. The van der Waals surface area contributed by atoms with E-state index in [0.717, 1.165) is 46.4 Å². The monoisotopic (exact) mass is 408 g/mol. The molecular weight excluding hydrogens is 384 g/mol. The first-order chi connectivity index (χ1) is 14.0. The number of carbonyl (C=O) groups is 1. The van der Waals surface area contributed by atoms with E-state index >= 15 is 0 Å². The fourth-order valence-corrected chi connectivity index (χ4v) is 4.16. The molecule has 0 saturated heterocycles. The molecule has 1 amide bonds. The van der Waals surface area contributed by atoms with Crippen LogP contribution >= 0.6 is 11.3 Å². The highest BCUT2D eigenvalue weighted by atomic mass is 32.1. The Bertz CT molecular complexity index is 1000. The molecule has 0 aliphatic carbocycles. The van der Waals surface area contributed by atoms with Gasteiger partial charge in [-0.15, -0.1) is 11.3 Å². The predicted molar refractivity (Wildman–Crippen MR) is 116 cm³/mol. The molecule has 3 aromatic rings. The number of benzene rings is 1. The van der Waals surface area contributed by atoms with Gasteiger partial charge in [0.25, 0.3) is 5.91 Å². The van der Waals surface area contributed by atoms with E-state index in [-0.39, 0.29) is 5.91 Å². The summed E-state index contributed by atoms with van der Waals surface area (Å²) in [4.78, 5) is 25.9. The number of rotatable bonds is 6. The van der Waals surface area contributed by atoms with Gasteiger partial charge in [-0.2, -0.15) is 0 Å². The summed E-state index contributed by atoms with van der Waals surface area (Å²) in [6, 6.07) is 11.7. The van der Waals surface area contributed by atoms with Gasteiger partial charge in [-0.05, 0) is 64.3 Å². The molecule has 4 rings (SSSR count). The van der Waals surface area contributed by atoms with Crippen molar-refractivity contribution >= 4 is 22.9 Å². The van der Waals surface area contributed by atoms with Gasteiger partial charge in [0.05, 0.1) is 17.1 Å². The summed E-state index contributed by atoms with van der Waals surface area (Å²) in [5, 5.41) is 2.90. The average molecular weight is 409 g/mol. The lowest BCUT2D eigenvalue weighted by Crippen LogP contribution is -2.45. The minimum atomic E-state index is -0.470. The fourth-order valence-electron chi connectivity index (χ4n) is 3.36. The minimum Gasteiger partial charge on any atom is -0.479 e. The Kier molecular flexibility index (Phi) is 5.60. The van der Waals surface area contributed by atoms with Gasteiger partial charge < -0.3 is 14.5 Å². The van der Waals surface area contributed by atoms with Crippen molar-refractivity contribution in [3.05, 3.63) is 48.0 Å². The Morgan fingerprint density at radius 3 is 2.83 bits per heavy atom. The van der Waals surface area contributed by atoms with Crippen LogP contribution in [-0.4, -0.2) is 54.1 Å². The molecular formula is C22H24N4O2S. The maximum atomic E-state index is 12.8. The number of carbonyl (C=O) groups excluding carboxylic acids is 1. The van der Waals surface area contributed by atoms with Gasteiger partial charge in [-0.1, -0.05) is 6.07 Å². The molecule has 29 heavy (non-hydrogen) atoms. The van der Waals surface area contributed by atoms with E-state index in [4.69, 9.17) is 9.72 Å². The predicted octanol–water partition coefficient (Wildman–Crippen LogP) is 3.94. The van der Waals surface area contributed by atoms with E-state index in [1.807, 2.05) is 60.8 Å². The van der Waals surface area contributed by atoms with Gasteiger partial charge in [0.1, 0.15) is 10.8 Å². The number of aromatic nitrogens is 2. The highest BCUT2D eigenvalue weighted by Gasteiger charge is 2.31. The number of fused-ring (bicyclic) bond motifs is 1. The van der Waals surface area contributed by atoms with Gasteiger partial charge in [0, 0.05) is 23.7 Å². The Morgan fingerprint density at radius 1 is 1.21 bits per heavy atom. The van der Waals surface area contributed by atoms with Crippen LogP contribution in [0, 0.1) is 0 Å². The summed E-state index contributed by atoms with van der Waals surface area (Å²) in [5.74, 6) is 0.742. The molecule has 1 unspecified atom stereocenters. The number of ether oxygens (including phenoxy) is 1. The van der Waals surface area contributed by atoms with Gasteiger partial charge in [0.2, 0.25) is 0 Å². The van der Waals surface area contributed by atoms with Crippen molar-refractivity contribution in [2.24, 2.45) is 0 Å². The second-order valence-electron chi connectivity index (χ2n) is 7.34. The minimum absolute atomic E-state index is 0.000795. The van der Waals surface area contributed by atoms with Gasteiger partial charge in [-0.3, -0.25) is 9.78 Å². The van der Waals surface area contributed by atoms with Crippen LogP contribution in [0.1, 0.15) is 13.3 Å². The number of anilines is 1. The van der Waals surface area contributed by atoms with Crippen molar-refractivity contribution in [2.75, 3.05) is 32.1 Å². The first-order valence-corrected chi connectivity index (χ1v) is 10.5. The SMILES string of the molecule is CC1Oc2ccc(-c3csc(-c4ccccn4)n3)cc2N(CCCN(C)C)C1=O. The molecule has 3 heterocycles. The van der Waals surface area contributed by atoms with E-state index in [1.54, 1.807) is 24.5 Å². The zero-order chi connectivity index (χ0) is 20.4. The molecule has 1 aliphatic heterocycles. The molecule has 0 spiro atoms. The maximum absolute atomic E-state index is 12.8. The number of pyridine rings is 1. The smallest absolute Gasteiger partial charge is 0.267 e. The number of hydrogen-bond acceptors (Lipinski definition) is 6. The number of nitrogens with zero attached hydrogens (tertiary/aromatic N) is 4. The van der Waals surface area contributed by atoms with Crippen LogP contribution < -0.4 is 9.64 Å². The lowest BCUT2D eigenvalue weighted by molar-refractivity contribution is -0.125. The fraction of sp³-hybridized carbons (Fsp3) is 0.318. The molecule has 2 aromatic heterocycles. The van der Waals surface area contributed by atoms with Crippen LogP contribution in [-0.2, 0) is 4.79 Å². The quantitative estimate of drug-likeness (QED) is 0.618. The summed E-state index contributed by atoms with van der Waals surface area (Å²) >= 11 is 1.56. The zero-order valence-electron chi connectivity index (χ0n) is 16.8. The molecule has 0 radical (unpaired) electrons. The summed E-state index contributed by atoms with van der Waals surface area (Å²) in [5.41, 5.74) is 3.51. The Balaban J connectivity index is 1.64.